The molecule has 0 unspecified atom stereocenters. The van der Waals surface area contributed by atoms with Gasteiger partial charge in [0.2, 0.25) is 0 Å². The molecule has 0 spiro atoms. The number of aromatic nitrogens is 1. The van der Waals surface area contributed by atoms with Crippen molar-refractivity contribution in [3.8, 4) is 10.6 Å². The van der Waals surface area contributed by atoms with Gasteiger partial charge in [0.25, 0.3) is 0 Å². The van der Waals surface area contributed by atoms with E-state index in [1.54, 1.807) is 11.3 Å². The number of rotatable bonds is 5. The molecule has 0 fully saturated rings. The Hall–Kier alpha value is -2.81. The molecule has 0 bridgehead atoms. The zero-order chi connectivity index (χ0) is 22.8. The summed E-state index contributed by atoms with van der Waals surface area (Å²) in [5.41, 5.74) is 5.71. The first kappa shape index (κ1) is 22.4. The Morgan fingerprint density at radius 3 is 2.53 bits per heavy atom. The third-order valence-corrected chi connectivity index (χ3v) is 7.45. The number of thiocarbonyl (C=S) groups is 1. The van der Waals surface area contributed by atoms with Gasteiger partial charge in [-0.05, 0) is 80.0 Å². The molecule has 0 amide bonds. The van der Waals surface area contributed by atoms with E-state index < -0.39 is 0 Å². The fourth-order valence-electron chi connectivity index (χ4n) is 3.53. The highest BCUT2D eigenvalue weighted by atomic mass is 32.1. The maximum absolute atomic E-state index is 12.3. The molecule has 2 aromatic carbocycles. The largest absolute Gasteiger partial charge is 0.465 e. The van der Waals surface area contributed by atoms with E-state index >= 15 is 0 Å². The number of nitrogens with zero attached hydrogens (tertiary/aromatic N) is 1. The minimum Gasteiger partial charge on any atom is -0.465 e. The van der Waals surface area contributed by atoms with Crippen molar-refractivity contribution in [2.24, 2.45) is 0 Å². The highest BCUT2D eigenvalue weighted by Crippen LogP contribution is 2.34. The van der Waals surface area contributed by atoms with Gasteiger partial charge in [0.15, 0.2) is 5.11 Å². The molecule has 0 aliphatic carbocycles. The second-order valence-corrected chi connectivity index (χ2v) is 10.00. The second kappa shape index (κ2) is 9.36. The van der Waals surface area contributed by atoms with E-state index in [4.69, 9.17) is 21.9 Å². The molecule has 2 heterocycles. The topological polar surface area (TPSA) is 63.2 Å². The predicted molar refractivity (Wildman–Crippen MR) is 139 cm³/mol. The summed E-state index contributed by atoms with van der Waals surface area (Å²) in [4.78, 5) is 18.1. The molecule has 0 saturated heterocycles. The van der Waals surface area contributed by atoms with Crippen LogP contribution in [0, 0.1) is 13.8 Å². The molecule has 164 valence electrons. The number of benzene rings is 2. The molecule has 4 aromatic rings. The van der Waals surface area contributed by atoms with Crippen LogP contribution in [0.25, 0.3) is 20.8 Å². The zero-order valence-corrected chi connectivity index (χ0v) is 20.7. The number of hydrogen-bond acceptors (Lipinski definition) is 6. The van der Waals surface area contributed by atoms with Crippen molar-refractivity contribution in [3.05, 3.63) is 64.0 Å². The van der Waals surface area contributed by atoms with Crippen molar-refractivity contribution in [2.75, 3.05) is 17.7 Å². The number of thiophene rings is 1. The lowest BCUT2D eigenvalue weighted by molar-refractivity contribution is 0.0601. The number of carbonyl (C=O) groups is 1. The molecule has 0 saturated carbocycles. The van der Waals surface area contributed by atoms with E-state index in [0.29, 0.717) is 15.7 Å². The van der Waals surface area contributed by atoms with Crippen molar-refractivity contribution < 1.29 is 9.53 Å². The van der Waals surface area contributed by atoms with Crippen LogP contribution in [0.15, 0.2) is 42.5 Å². The van der Waals surface area contributed by atoms with Crippen LogP contribution >= 0.6 is 34.9 Å². The Labute approximate surface area is 200 Å². The smallest absolute Gasteiger partial charge is 0.341 e. The van der Waals surface area contributed by atoms with Gasteiger partial charge in [-0.15, -0.1) is 22.7 Å². The van der Waals surface area contributed by atoms with Crippen LogP contribution in [0.5, 0.6) is 0 Å². The molecular formula is C24H23N3O2S3. The summed E-state index contributed by atoms with van der Waals surface area (Å²) in [7, 11) is 1.39. The first-order valence-corrected chi connectivity index (χ1v) is 12.2. The van der Waals surface area contributed by atoms with Crippen LogP contribution in [-0.2, 0) is 11.2 Å². The van der Waals surface area contributed by atoms with Crippen LogP contribution in [-0.4, -0.2) is 23.2 Å². The quantitative estimate of drug-likeness (QED) is 0.241. The summed E-state index contributed by atoms with van der Waals surface area (Å²) in [6.07, 6.45) is 0.751. The van der Waals surface area contributed by atoms with E-state index in [-0.39, 0.29) is 5.97 Å². The Morgan fingerprint density at radius 1 is 1.09 bits per heavy atom. The number of nitrogens with one attached hydrogen (secondary N) is 2. The zero-order valence-electron chi connectivity index (χ0n) is 18.2. The Morgan fingerprint density at radius 2 is 1.84 bits per heavy atom. The number of thiazole rings is 1. The SMILES string of the molecule is CCc1c(C)sc(NC(=S)Nc2ccc(-c3nc4ccc(C)cc4s3)cc2)c1C(=O)OC. The van der Waals surface area contributed by atoms with Gasteiger partial charge in [-0.1, -0.05) is 13.0 Å². The van der Waals surface area contributed by atoms with Crippen LogP contribution in [0.3, 0.4) is 0 Å². The van der Waals surface area contributed by atoms with Gasteiger partial charge in [0.05, 0.1) is 22.9 Å². The van der Waals surface area contributed by atoms with Crippen molar-refractivity contribution in [2.45, 2.75) is 27.2 Å². The van der Waals surface area contributed by atoms with Crippen LogP contribution in [0.2, 0.25) is 0 Å². The Kier molecular flexibility index (Phi) is 6.55. The molecule has 0 aliphatic rings. The minimum absolute atomic E-state index is 0.355. The number of anilines is 2. The number of hydrogen-bond donors (Lipinski definition) is 2. The van der Waals surface area contributed by atoms with E-state index in [1.807, 2.05) is 38.1 Å². The standard InChI is InChI=1S/C24H23N3O2S3/c1-5-17-14(3)31-22(20(17)23(28)29-4)27-24(30)25-16-9-7-15(8-10-16)21-26-18-11-6-13(2)12-19(18)32-21/h6-12H,5H2,1-4H3,(H2,25,27,30). The van der Waals surface area contributed by atoms with E-state index in [9.17, 15) is 4.79 Å². The lowest BCUT2D eigenvalue weighted by atomic mass is 10.1. The number of methoxy groups -OCH3 is 1. The van der Waals surface area contributed by atoms with Gasteiger partial charge in [0.1, 0.15) is 10.0 Å². The van der Waals surface area contributed by atoms with E-state index in [2.05, 4.69) is 35.8 Å². The fraction of sp³-hybridized carbons (Fsp3) is 0.208. The average molecular weight is 482 g/mol. The van der Waals surface area contributed by atoms with Gasteiger partial charge >= 0.3 is 5.97 Å². The lowest BCUT2D eigenvalue weighted by Crippen LogP contribution is -2.20. The molecule has 2 N–H and O–H groups in total. The maximum atomic E-state index is 12.3. The number of fused-ring (bicyclic) bond motifs is 1. The average Bonchev–Trinajstić information content (AvgIpc) is 3.33. The molecule has 0 aliphatic heterocycles. The highest BCUT2D eigenvalue weighted by Gasteiger charge is 2.22. The number of esters is 1. The van der Waals surface area contributed by atoms with Crippen molar-refractivity contribution in [3.63, 3.8) is 0 Å². The molecular weight excluding hydrogens is 458 g/mol. The molecule has 0 atom stereocenters. The normalized spacial score (nSPS) is 10.9. The predicted octanol–water partition coefficient (Wildman–Crippen LogP) is 6.80. The molecule has 2 aromatic heterocycles. The second-order valence-electron chi connectivity index (χ2n) is 7.33. The maximum Gasteiger partial charge on any atom is 0.341 e. The van der Waals surface area contributed by atoms with Gasteiger partial charge in [-0.3, -0.25) is 0 Å². The first-order valence-electron chi connectivity index (χ1n) is 10.2. The van der Waals surface area contributed by atoms with Gasteiger partial charge in [-0.2, -0.15) is 0 Å². The molecule has 4 rings (SSSR count). The van der Waals surface area contributed by atoms with Crippen molar-refractivity contribution in [1.82, 2.24) is 4.98 Å². The summed E-state index contributed by atoms with van der Waals surface area (Å²) in [6.45, 7) is 6.11. The summed E-state index contributed by atoms with van der Waals surface area (Å²) < 4.78 is 6.16. The summed E-state index contributed by atoms with van der Waals surface area (Å²) in [5, 5.41) is 8.46. The van der Waals surface area contributed by atoms with Crippen LogP contribution in [0.4, 0.5) is 10.7 Å². The molecule has 8 heteroatoms. The minimum atomic E-state index is -0.355. The van der Waals surface area contributed by atoms with Gasteiger partial charge in [0, 0.05) is 16.1 Å². The van der Waals surface area contributed by atoms with Gasteiger partial charge in [-0.25, -0.2) is 9.78 Å². The van der Waals surface area contributed by atoms with Crippen LogP contribution in [0.1, 0.15) is 33.3 Å². The first-order chi connectivity index (χ1) is 15.4. The monoisotopic (exact) mass is 481 g/mol. The van der Waals surface area contributed by atoms with Gasteiger partial charge < -0.3 is 15.4 Å². The summed E-state index contributed by atoms with van der Waals surface area (Å²) in [6, 6.07) is 14.3. The van der Waals surface area contributed by atoms with E-state index in [0.717, 1.165) is 38.6 Å². The lowest BCUT2D eigenvalue weighted by Gasteiger charge is -2.11. The van der Waals surface area contributed by atoms with Crippen molar-refractivity contribution in [1.29, 1.82) is 0 Å². The molecule has 32 heavy (non-hydrogen) atoms. The third kappa shape index (κ3) is 4.53. The molecule has 0 radical (unpaired) electrons. The fourth-order valence-corrected chi connectivity index (χ4v) is 6.02. The Balaban J connectivity index is 1.49. The number of carbonyl (C=O) groups excluding carboxylic acids is 1. The van der Waals surface area contributed by atoms with Crippen molar-refractivity contribution >= 4 is 66.9 Å². The Bertz CT molecular complexity index is 1310. The van der Waals surface area contributed by atoms with E-state index in [1.165, 1.54) is 28.7 Å². The summed E-state index contributed by atoms with van der Waals surface area (Å²) >= 11 is 8.68. The number of aryl methyl sites for hydroxylation is 2. The van der Waals surface area contributed by atoms with Crippen LogP contribution < -0.4 is 10.6 Å². The third-order valence-electron chi connectivity index (χ3n) is 5.11. The number of ether oxygens (including phenoxy) is 1. The summed E-state index contributed by atoms with van der Waals surface area (Å²) in [5.74, 6) is -0.355. The highest BCUT2D eigenvalue weighted by molar-refractivity contribution is 7.80. The molecule has 5 nitrogen and oxygen atoms in total.